The van der Waals surface area contributed by atoms with E-state index in [0.29, 0.717) is 6.04 Å². The van der Waals surface area contributed by atoms with E-state index in [-0.39, 0.29) is 0 Å². The van der Waals surface area contributed by atoms with Gasteiger partial charge in [-0.1, -0.05) is 187 Å². The molecule has 0 bridgehead atoms. The fourth-order valence-corrected chi connectivity index (χ4v) is 6.56. The van der Waals surface area contributed by atoms with Crippen LogP contribution in [0.2, 0.25) is 0 Å². The molecule has 0 saturated carbocycles. The van der Waals surface area contributed by atoms with E-state index < -0.39 is 0 Å². The van der Waals surface area contributed by atoms with Gasteiger partial charge in [0, 0.05) is 0 Å². The van der Waals surface area contributed by atoms with Crippen molar-refractivity contribution in [2.75, 3.05) is 0 Å². The van der Waals surface area contributed by atoms with Gasteiger partial charge < -0.3 is 0 Å². The smallest absolute Gasteiger partial charge is 0.240 e. The van der Waals surface area contributed by atoms with Crippen molar-refractivity contribution in [3.05, 3.63) is 18.7 Å². The van der Waals surface area contributed by atoms with E-state index >= 15 is 0 Å². The predicted octanol–water partition coefficient (Wildman–Crippen LogP) is 12.8. The van der Waals surface area contributed by atoms with Gasteiger partial charge in [-0.2, -0.15) is 0 Å². The number of hydrogen-bond donors (Lipinski definition) is 0. The SMILES string of the molecule is CCCCCCCCCCCCCCC(CCCCCCCCCCCCCC)CCCC(C)n1cc[n+](C)c1. The zero-order valence-electron chi connectivity index (χ0n) is 28.3. The Labute approximate surface area is 253 Å². The first-order valence-electron chi connectivity index (χ1n) is 18.7. The van der Waals surface area contributed by atoms with Crippen LogP contribution in [0, 0.1) is 5.92 Å². The molecule has 0 radical (unpaired) electrons. The first kappa shape index (κ1) is 37.2. The van der Waals surface area contributed by atoms with Crippen molar-refractivity contribution in [1.82, 2.24) is 4.57 Å². The summed E-state index contributed by atoms with van der Waals surface area (Å²) in [6.07, 6.45) is 48.9. The van der Waals surface area contributed by atoms with E-state index in [2.05, 4.69) is 55.7 Å². The van der Waals surface area contributed by atoms with Crippen molar-refractivity contribution in [2.45, 2.75) is 213 Å². The third-order valence-corrected chi connectivity index (χ3v) is 9.46. The molecule has 1 aromatic heterocycles. The molecule has 0 saturated heterocycles. The Morgan fingerprint density at radius 1 is 0.475 bits per heavy atom. The molecule has 40 heavy (non-hydrogen) atoms. The number of imidazole rings is 1. The average Bonchev–Trinajstić information content (AvgIpc) is 3.40. The average molecular weight is 560 g/mol. The molecule has 0 fully saturated rings. The molecule has 1 atom stereocenters. The van der Waals surface area contributed by atoms with Gasteiger partial charge in [0.05, 0.1) is 13.1 Å². The fourth-order valence-electron chi connectivity index (χ4n) is 6.56. The van der Waals surface area contributed by atoms with Crippen LogP contribution in [0.3, 0.4) is 0 Å². The van der Waals surface area contributed by atoms with Gasteiger partial charge >= 0.3 is 0 Å². The van der Waals surface area contributed by atoms with Crippen LogP contribution >= 0.6 is 0 Å². The molecule has 1 heterocycles. The first-order valence-corrected chi connectivity index (χ1v) is 18.7. The van der Waals surface area contributed by atoms with Crippen molar-refractivity contribution in [2.24, 2.45) is 13.0 Å². The van der Waals surface area contributed by atoms with Crippen LogP contribution in [-0.4, -0.2) is 4.57 Å². The van der Waals surface area contributed by atoms with Gasteiger partial charge in [-0.05, 0) is 25.7 Å². The highest BCUT2D eigenvalue weighted by Gasteiger charge is 2.13. The van der Waals surface area contributed by atoms with Crippen LogP contribution in [0.4, 0.5) is 0 Å². The number of aryl methyl sites for hydroxylation is 1. The molecule has 0 aliphatic rings. The van der Waals surface area contributed by atoms with Crippen LogP contribution in [0.15, 0.2) is 18.7 Å². The van der Waals surface area contributed by atoms with Crippen LogP contribution in [0.5, 0.6) is 0 Å². The predicted molar refractivity (Wildman–Crippen MR) is 179 cm³/mol. The maximum Gasteiger partial charge on any atom is 0.243 e. The largest absolute Gasteiger partial charge is 0.243 e. The number of rotatable bonds is 31. The van der Waals surface area contributed by atoms with E-state index in [0.717, 1.165) is 5.92 Å². The number of nitrogens with zero attached hydrogens (tertiary/aromatic N) is 2. The van der Waals surface area contributed by atoms with Crippen molar-refractivity contribution in [3.63, 3.8) is 0 Å². The van der Waals surface area contributed by atoms with Gasteiger partial charge in [0.15, 0.2) is 0 Å². The topological polar surface area (TPSA) is 8.81 Å². The molecular weight excluding hydrogens is 484 g/mol. The van der Waals surface area contributed by atoms with Gasteiger partial charge in [-0.25, -0.2) is 9.13 Å². The summed E-state index contributed by atoms with van der Waals surface area (Å²) in [5.74, 6) is 0.971. The van der Waals surface area contributed by atoms with Crippen molar-refractivity contribution in [3.8, 4) is 0 Å². The van der Waals surface area contributed by atoms with Gasteiger partial charge in [0.1, 0.15) is 12.4 Å². The second-order valence-electron chi connectivity index (χ2n) is 13.5. The number of hydrogen-bond acceptors (Lipinski definition) is 0. The molecule has 1 rings (SSSR count). The summed E-state index contributed by atoms with van der Waals surface area (Å²) >= 11 is 0. The van der Waals surface area contributed by atoms with Crippen LogP contribution < -0.4 is 4.57 Å². The van der Waals surface area contributed by atoms with Gasteiger partial charge in [0.2, 0.25) is 6.33 Å². The number of unbranched alkanes of at least 4 members (excludes halogenated alkanes) is 22. The lowest BCUT2D eigenvalue weighted by Gasteiger charge is -2.18. The summed E-state index contributed by atoms with van der Waals surface area (Å²) in [5.41, 5.74) is 0. The second-order valence-corrected chi connectivity index (χ2v) is 13.5. The molecule has 1 aromatic rings. The molecule has 0 spiro atoms. The minimum Gasteiger partial charge on any atom is -0.240 e. The molecule has 0 N–H and O–H groups in total. The zero-order valence-corrected chi connectivity index (χ0v) is 28.3. The lowest BCUT2D eigenvalue weighted by atomic mass is 9.89. The first-order chi connectivity index (χ1) is 19.7. The molecule has 0 aromatic carbocycles. The molecule has 0 amide bonds. The lowest BCUT2D eigenvalue weighted by molar-refractivity contribution is -0.671. The normalized spacial score (nSPS) is 12.5. The zero-order chi connectivity index (χ0) is 28.9. The molecule has 0 aliphatic carbocycles. The summed E-state index contributed by atoms with van der Waals surface area (Å²) in [6, 6.07) is 0.625. The summed E-state index contributed by atoms with van der Waals surface area (Å²) in [7, 11) is 2.13. The number of aromatic nitrogens is 2. The van der Waals surface area contributed by atoms with Crippen LogP contribution in [0.1, 0.15) is 213 Å². The van der Waals surface area contributed by atoms with Crippen molar-refractivity contribution in [1.29, 1.82) is 0 Å². The van der Waals surface area contributed by atoms with E-state index in [9.17, 15) is 0 Å². The van der Waals surface area contributed by atoms with E-state index in [4.69, 9.17) is 0 Å². The summed E-state index contributed by atoms with van der Waals surface area (Å²) < 4.78 is 4.56. The van der Waals surface area contributed by atoms with Gasteiger partial charge in [-0.3, -0.25) is 0 Å². The van der Waals surface area contributed by atoms with E-state index in [1.54, 1.807) is 0 Å². The Hall–Kier alpha value is -0.790. The highest BCUT2D eigenvalue weighted by atomic mass is 15.1. The van der Waals surface area contributed by atoms with Crippen molar-refractivity contribution >= 4 is 0 Å². The molecule has 0 aliphatic heterocycles. The second kappa shape index (κ2) is 28.3. The van der Waals surface area contributed by atoms with Crippen LogP contribution in [0.25, 0.3) is 0 Å². The Balaban J connectivity index is 2.15. The van der Waals surface area contributed by atoms with E-state index in [1.807, 2.05) is 0 Å². The van der Waals surface area contributed by atoms with Gasteiger partial charge in [0.25, 0.3) is 0 Å². The minimum absolute atomic E-state index is 0.625. The maximum atomic E-state index is 2.39. The third kappa shape index (κ3) is 22.8. The van der Waals surface area contributed by atoms with Crippen LogP contribution in [-0.2, 0) is 7.05 Å². The molecular formula is C38H75N2+. The maximum absolute atomic E-state index is 2.39. The molecule has 1 unspecified atom stereocenters. The Morgan fingerprint density at radius 2 is 0.825 bits per heavy atom. The summed E-state index contributed by atoms with van der Waals surface area (Å²) in [4.78, 5) is 0. The Morgan fingerprint density at radius 3 is 1.18 bits per heavy atom. The van der Waals surface area contributed by atoms with Gasteiger partial charge in [-0.15, -0.1) is 0 Å². The highest BCUT2D eigenvalue weighted by molar-refractivity contribution is 4.73. The molecule has 2 heteroatoms. The lowest BCUT2D eigenvalue weighted by Crippen LogP contribution is -2.24. The Bertz CT molecular complexity index is 593. The summed E-state index contributed by atoms with van der Waals surface area (Å²) in [6.45, 7) is 7.02. The quantitative estimate of drug-likeness (QED) is 0.0631. The summed E-state index contributed by atoms with van der Waals surface area (Å²) in [5, 5.41) is 0. The monoisotopic (exact) mass is 560 g/mol. The highest BCUT2D eigenvalue weighted by Crippen LogP contribution is 2.26. The minimum atomic E-state index is 0.625. The Kier molecular flexibility index (Phi) is 26.4. The molecule has 236 valence electrons. The van der Waals surface area contributed by atoms with E-state index in [1.165, 1.54) is 186 Å². The molecule has 2 nitrogen and oxygen atoms in total. The third-order valence-electron chi connectivity index (χ3n) is 9.46. The fraction of sp³-hybridized carbons (Fsp3) is 0.921. The van der Waals surface area contributed by atoms with Crippen molar-refractivity contribution < 1.29 is 4.57 Å². The standard InChI is InChI=1S/C38H75N2/c1-5-7-9-11-13-15-17-19-21-23-25-27-31-38(33-29-30-37(3)40-35-34-39(4)36-40)32-28-26-24-22-20-18-16-14-12-10-8-6-2/h34-38H,5-33H2,1-4H3/q+1.